The number of thiazole rings is 1. The van der Waals surface area contributed by atoms with Crippen LogP contribution in [0.1, 0.15) is 23.3 Å². The molecular formula is C9H9N3O4S. The topological polar surface area (TPSA) is 108 Å². The molecule has 1 unspecified atom stereocenters. The predicted octanol–water partition coefficient (Wildman–Crippen LogP) is -1.03. The second-order valence-corrected chi connectivity index (χ2v) is 4.38. The maximum Gasteiger partial charge on any atom is 0.305 e. The van der Waals surface area contributed by atoms with Gasteiger partial charge >= 0.3 is 4.87 Å². The number of aromatic nitrogens is 1. The van der Waals surface area contributed by atoms with Crippen LogP contribution in [0.3, 0.4) is 0 Å². The minimum absolute atomic E-state index is 0.115. The van der Waals surface area contributed by atoms with Crippen molar-refractivity contribution in [3.8, 4) is 0 Å². The number of carbonyl (C=O) groups excluding carboxylic acids is 3. The Morgan fingerprint density at radius 1 is 1.41 bits per heavy atom. The Morgan fingerprint density at radius 2 is 2.18 bits per heavy atom. The lowest BCUT2D eigenvalue weighted by molar-refractivity contribution is -0.134. The molecule has 17 heavy (non-hydrogen) atoms. The van der Waals surface area contributed by atoms with Gasteiger partial charge in [-0.05, 0) is 6.42 Å². The van der Waals surface area contributed by atoms with Crippen molar-refractivity contribution >= 4 is 29.1 Å². The van der Waals surface area contributed by atoms with Crippen LogP contribution in [0.25, 0.3) is 0 Å². The number of piperidine rings is 1. The van der Waals surface area contributed by atoms with Crippen molar-refractivity contribution in [2.45, 2.75) is 18.9 Å². The summed E-state index contributed by atoms with van der Waals surface area (Å²) in [6.45, 7) is 0. The third-order valence-corrected chi connectivity index (χ3v) is 2.98. The van der Waals surface area contributed by atoms with Gasteiger partial charge in [-0.25, -0.2) is 0 Å². The number of hydrogen-bond acceptors (Lipinski definition) is 5. The Balaban J connectivity index is 2.02. The van der Waals surface area contributed by atoms with Gasteiger partial charge in [-0.2, -0.15) is 0 Å². The zero-order valence-electron chi connectivity index (χ0n) is 8.61. The maximum absolute atomic E-state index is 11.6. The van der Waals surface area contributed by atoms with Gasteiger partial charge in [0.15, 0.2) is 0 Å². The fraction of sp³-hybridized carbons (Fsp3) is 0.333. The fourth-order valence-corrected chi connectivity index (χ4v) is 2.02. The molecule has 8 heteroatoms. The summed E-state index contributed by atoms with van der Waals surface area (Å²) in [4.78, 5) is 46.7. The molecule has 1 aromatic heterocycles. The van der Waals surface area contributed by atoms with Crippen molar-refractivity contribution in [1.82, 2.24) is 15.6 Å². The van der Waals surface area contributed by atoms with E-state index in [4.69, 9.17) is 0 Å². The van der Waals surface area contributed by atoms with Crippen molar-refractivity contribution < 1.29 is 14.4 Å². The molecule has 2 rings (SSSR count). The smallest absolute Gasteiger partial charge is 0.305 e. The number of hydrogen-bond donors (Lipinski definition) is 3. The highest BCUT2D eigenvalue weighted by molar-refractivity contribution is 7.07. The highest BCUT2D eigenvalue weighted by Gasteiger charge is 2.28. The number of rotatable bonds is 2. The molecule has 0 spiro atoms. The summed E-state index contributed by atoms with van der Waals surface area (Å²) in [5.41, 5.74) is 0.115. The van der Waals surface area contributed by atoms with Gasteiger partial charge in [0.25, 0.3) is 5.91 Å². The number of H-pyrrole nitrogens is 1. The van der Waals surface area contributed by atoms with Crippen molar-refractivity contribution in [3.05, 3.63) is 20.7 Å². The van der Waals surface area contributed by atoms with E-state index in [1.165, 1.54) is 5.38 Å². The average Bonchev–Trinajstić information content (AvgIpc) is 2.69. The first-order valence-corrected chi connectivity index (χ1v) is 5.76. The lowest BCUT2D eigenvalue weighted by Gasteiger charge is -2.21. The Hall–Kier alpha value is -1.96. The zero-order valence-corrected chi connectivity index (χ0v) is 9.43. The van der Waals surface area contributed by atoms with Crippen LogP contribution in [0.5, 0.6) is 0 Å². The van der Waals surface area contributed by atoms with Crippen LogP contribution in [0, 0.1) is 0 Å². The largest absolute Gasteiger partial charge is 0.339 e. The molecule has 1 atom stereocenters. The number of amides is 3. The number of carbonyl (C=O) groups is 3. The first-order valence-electron chi connectivity index (χ1n) is 4.88. The quantitative estimate of drug-likeness (QED) is 0.587. The third-order valence-electron chi connectivity index (χ3n) is 2.31. The Bertz CT molecular complexity index is 532. The van der Waals surface area contributed by atoms with Crippen LogP contribution in [-0.2, 0) is 9.59 Å². The van der Waals surface area contributed by atoms with Crippen LogP contribution in [0.4, 0.5) is 0 Å². The second-order valence-electron chi connectivity index (χ2n) is 3.54. The van der Waals surface area contributed by atoms with Gasteiger partial charge in [0.05, 0.1) is 0 Å². The van der Waals surface area contributed by atoms with Crippen LogP contribution < -0.4 is 15.5 Å². The van der Waals surface area contributed by atoms with Crippen LogP contribution in [-0.4, -0.2) is 28.7 Å². The van der Waals surface area contributed by atoms with Crippen molar-refractivity contribution in [3.63, 3.8) is 0 Å². The van der Waals surface area contributed by atoms with Gasteiger partial charge in [-0.1, -0.05) is 11.3 Å². The molecule has 7 nitrogen and oxygen atoms in total. The first-order chi connectivity index (χ1) is 8.06. The molecule has 0 saturated carbocycles. The molecule has 0 aliphatic carbocycles. The Labute approximate surface area is 99.2 Å². The maximum atomic E-state index is 11.6. The number of aromatic amines is 1. The van der Waals surface area contributed by atoms with Crippen molar-refractivity contribution in [1.29, 1.82) is 0 Å². The average molecular weight is 255 g/mol. The molecule has 3 N–H and O–H groups in total. The lowest BCUT2D eigenvalue weighted by atomic mass is 10.1. The molecule has 0 radical (unpaired) electrons. The summed E-state index contributed by atoms with van der Waals surface area (Å²) in [6.07, 6.45) is 0.460. The summed E-state index contributed by atoms with van der Waals surface area (Å²) in [7, 11) is 0. The SMILES string of the molecule is O=C1CCC(NC(=O)c2csc(=O)[nH]2)C(=O)N1. The standard InChI is InChI=1S/C9H9N3O4S/c13-6-2-1-4(7(14)12-6)10-8(15)5-3-17-9(16)11-5/h3-4H,1-2H2,(H,10,15)(H,11,16)(H,12,13,14). The van der Waals surface area contributed by atoms with Gasteiger partial charge < -0.3 is 10.3 Å². The predicted molar refractivity (Wildman–Crippen MR) is 58.6 cm³/mol. The minimum atomic E-state index is -0.733. The number of imide groups is 1. The molecular weight excluding hydrogens is 246 g/mol. The molecule has 3 amide bonds. The molecule has 1 aromatic rings. The van der Waals surface area contributed by atoms with Crippen LogP contribution in [0.2, 0.25) is 0 Å². The van der Waals surface area contributed by atoms with Gasteiger partial charge in [0.1, 0.15) is 11.7 Å². The highest BCUT2D eigenvalue weighted by Crippen LogP contribution is 2.05. The van der Waals surface area contributed by atoms with E-state index in [2.05, 4.69) is 15.6 Å². The van der Waals surface area contributed by atoms with Gasteiger partial charge in [0.2, 0.25) is 11.8 Å². The molecule has 1 aliphatic rings. The highest BCUT2D eigenvalue weighted by atomic mass is 32.1. The monoisotopic (exact) mass is 255 g/mol. The summed E-state index contributed by atoms with van der Waals surface area (Å²) in [5, 5.41) is 5.96. The molecule has 1 saturated heterocycles. The first kappa shape index (κ1) is 11.5. The van der Waals surface area contributed by atoms with Crippen LogP contribution >= 0.6 is 11.3 Å². The van der Waals surface area contributed by atoms with E-state index >= 15 is 0 Å². The van der Waals surface area contributed by atoms with Crippen molar-refractivity contribution in [2.75, 3.05) is 0 Å². The molecule has 0 bridgehead atoms. The Morgan fingerprint density at radius 3 is 2.76 bits per heavy atom. The summed E-state index contributed by atoms with van der Waals surface area (Å²) >= 11 is 0.869. The zero-order chi connectivity index (χ0) is 12.4. The number of nitrogens with one attached hydrogen (secondary N) is 3. The van der Waals surface area contributed by atoms with E-state index in [0.717, 1.165) is 11.3 Å². The fourth-order valence-electron chi connectivity index (χ4n) is 1.46. The van der Waals surface area contributed by atoms with E-state index in [9.17, 15) is 19.2 Å². The van der Waals surface area contributed by atoms with Gasteiger partial charge in [0, 0.05) is 11.8 Å². The molecule has 1 aliphatic heterocycles. The molecule has 90 valence electrons. The Kier molecular flexibility index (Phi) is 3.05. The minimum Gasteiger partial charge on any atom is -0.339 e. The van der Waals surface area contributed by atoms with E-state index in [-0.39, 0.29) is 29.3 Å². The molecule has 1 fully saturated rings. The van der Waals surface area contributed by atoms with Crippen LogP contribution in [0.15, 0.2) is 10.2 Å². The van der Waals surface area contributed by atoms with E-state index in [1.807, 2.05) is 0 Å². The van der Waals surface area contributed by atoms with Gasteiger partial charge in [-0.15, -0.1) is 0 Å². The van der Waals surface area contributed by atoms with Gasteiger partial charge in [-0.3, -0.25) is 24.5 Å². The van der Waals surface area contributed by atoms with E-state index < -0.39 is 17.9 Å². The molecule has 2 heterocycles. The van der Waals surface area contributed by atoms with E-state index in [0.29, 0.717) is 0 Å². The summed E-state index contributed by atoms with van der Waals surface area (Å²) in [5.74, 6) is -1.39. The third kappa shape index (κ3) is 2.59. The normalized spacial score (nSPS) is 19.9. The molecule has 0 aromatic carbocycles. The van der Waals surface area contributed by atoms with E-state index in [1.54, 1.807) is 0 Å². The van der Waals surface area contributed by atoms with Crippen molar-refractivity contribution in [2.24, 2.45) is 0 Å². The lowest BCUT2D eigenvalue weighted by Crippen LogP contribution is -2.52. The summed E-state index contributed by atoms with van der Waals surface area (Å²) in [6, 6.07) is -0.733. The summed E-state index contributed by atoms with van der Waals surface area (Å²) < 4.78 is 0. The second kappa shape index (κ2) is 4.50.